The summed E-state index contributed by atoms with van der Waals surface area (Å²) in [5, 5.41) is 13.1. The lowest BCUT2D eigenvalue weighted by Gasteiger charge is -2.46. The summed E-state index contributed by atoms with van der Waals surface area (Å²) in [7, 11) is 3.80. The lowest BCUT2D eigenvalue weighted by Crippen LogP contribution is -2.64. The van der Waals surface area contributed by atoms with Crippen molar-refractivity contribution in [3.63, 3.8) is 0 Å². The van der Waals surface area contributed by atoms with Gasteiger partial charge < -0.3 is 14.9 Å². The maximum atomic E-state index is 12.6. The molecule has 1 spiro atoms. The van der Waals surface area contributed by atoms with Gasteiger partial charge in [0.1, 0.15) is 5.69 Å². The number of aromatic nitrogens is 3. The van der Waals surface area contributed by atoms with E-state index in [4.69, 9.17) is 9.90 Å². The zero-order valence-electron chi connectivity index (χ0n) is 17.2. The Morgan fingerprint density at radius 3 is 2.47 bits per heavy atom. The Kier molecular flexibility index (Phi) is 6.55. The highest BCUT2D eigenvalue weighted by Crippen LogP contribution is 2.33. The SMILES string of the molecule is CN1CC(=O)N(c2cnn(C)c2)CC12CCN(C(=O)c1cscn1)C2.O=C(O)C(F)(F)F. The summed E-state index contributed by atoms with van der Waals surface area (Å²) in [4.78, 5) is 43.9. The highest BCUT2D eigenvalue weighted by atomic mass is 32.1. The molecule has 0 saturated carbocycles. The Balaban J connectivity index is 0.000000360. The van der Waals surface area contributed by atoms with E-state index in [0.29, 0.717) is 31.9 Å². The molecule has 2 fully saturated rings. The smallest absolute Gasteiger partial charge is 0.475 e. The average molecular weight is 474 g/mol. The summed E-state index contributed by atoms with van der Waals surface area (Å²) in [5.41, 5.74) is 2.76. The Morgan fingerprint density at radius 1 is 1.25 bits per heavy atom. The molecule has 2 amide bonds. The number of carboxylic acids is 1. The highest BCUT2D eigenvalue weighted by Gasteiger charge is 2.49. The molecular weight excluding hydrogens is 453 g/mol. The van der Waals surface area contributed by atoms with Crippen molar-refractivity contribution in [3.05, 3.63) is 29.0 Å². The number of likely N-dealkylation sites (N-methyl/N-ethyl adjacent to an activating group) is 1. The number of hydrogen-bond acceptors (Lipinski definition) is 7. The van der Waals surface area contributed by atoms with E-state index in [1.807, 2.05) is 25.2 Å². The molecule has 0 bridgehead atoms. The number of carbonyl (C=O) groups excluding carboxylic acids is 2. The number of alkyl halides is 3. The number of nitrogens with zero attached hydrogens (tertiary/aromatic N) is 6. The van der Waals surface area contributed by atoms with E-state index in [1.54, 1.807) is 26.7 Å². The predicted octanol–water partition coefficient (Wildman–Crippen LogP) is 1.07. The molecular formula is C18H21F3N6O4S. The van der Waals surface area contributed by atoms with E-state index in [0.717, 1.165) is 12.1 Å². The number of anilines is 1. The van der Waals surface area contributed by atoms with Gasteiger partial charge in [0, 0.05) is 38.3 Å². The monoisotopic (exact) mass is 474 g/mol. The number of aryl methyl sites for hydroxylation is 1. The van der Waals surface area contributed by atoms with Crippen molar-refractivity contribution in [2.24, 2.45) is 7.05 Å². The van der Waals surface area contributed by atoms with Crippen LogP contribution in [0.4, 0.5) is 18.9 Å². The molecule has 10 nitrogen and oxygen atoms in total. The van der Waals surface area contributed by atoms with Gasteiger partial charge in [0.25, 0.3) is 5.91 Å². The van der Waals surface area contributed by atoms with Crippen molar-refractivity contribution in [3.8, 4) is 0 Å². The molecule has 2 aliphatic heterocycles. The molecule has 32 heavy (non-hydrogen) atoms. The summed E-state index contributed by atoms with van der Waals surface area (Å²) >= 11 is 1.42. The van der Waals surface area contributed by atoms with Gasteiger partial charge in [-0.15, -0.1) is 11.3 Å². The number of rotatable bonds is 2. The number of amides is 2. The minimum absolute atomic E-state index is 0.0312. The maximum absolute atomic E-state index is 12.6. The Bertz CT molecular complexity index is 995. The molecule has 1 N–H and O–H groups in total. The van der Waals surface area contributed by atoms with Crippen LogP contribution < -0.4 is 4.90 Å². The van der Waals surface area contributed by atoms with Crippen LogP contribution in [0.3, 0.4) is 0 Å². The van der Waals surface area contributed by atoms with Crippen molar-refractivity contribution in [2.45, 2.75) is 18.1 Å². The number of thiazole rings is 1. The third-order valence-electron chi connectivity index (χ3n) is 5.45. The van der Waals surface area contributed by atoms with Crippen LogP contribution in [0.2, 0.25) is 0 Å². The molecule has 4 rings (SSSR count). The fraction of sp³-hybridized carbons (Fsp3) is 0.500. The molecule has 1 unspecified atom stereocenters. The van der Waals surface area contributed by atoms with Gasteiger partial charge in [-0.25, -0.2) is 9.78 Å². The van der Waals surface area contributed by atoms with Crippen LogP contribution in [0.25, 0.3) is 0 Å². The first-order valence-electron chi connectivity index (χ1n) is 9.41. The normalized spacial score (nSPS) is 21.6. The van der Waals surface area contributed by atoms with Gasteiger partial charge in [-0.1, -0.05) is 0 Å². The zero-order chi connectivity index (χ0) is 23.7. The number of hydrogen-bond donors (Lipinski definition) is 1. The van der Waals surface area contributed by atoms with Crippen LogP contribution in [0.15, 0.2) is 23.3 Å². The summed E-state index contributed by atoms with van der Waals surface area (Å²) in [6.45, 7) is 2.18. The molecule has 0 aromatic carbocycles. The number of likely N-dealkylation sites (tertiary alicyclic amines) is 1. The van der Waals surface area contributed by atoms with E-state index in [1.165, 1.54) is 11.3 Å². The van der Waals surface area contributed by atoms with Crippen molar-refractivity contribution in [1.29, 1.82) is 0 Å². The second kappa shape index (κ2) is 8.86. The molecule has 174 valence electrons. The van der Waals surface area contributed by atoms with E-state index in [9.17, 15) is 22.8 Å². The van der Waals surface area contributed by atoms with E-state index in [2.05, 4.69) is 15.0 Å². The molecule has 0 radical (unpaired) electrons. The van der Waals surface area contributed by atoms with Crippen molar-refractivity contribution >= 4 is 34.8 Å². The first-order valence-corrected chi connectivity index (χ1v) is 10.3. The van der Waals surface area contributed by atoms with Crippen LogP contribution in [0, 0.1) is 0 Å². The van der Waals surface area contributed by atoms with Crippen molar-refractivity contribution in [1.82, 2.24) is 24.6 Å². The first-order chi connectivity index (χ1) is 14.9. The van der Waals surface area contributed by atoms with Crippen LogP contribution in [-0.2, 0) is 16.6 Å². The summed E-state index contributed by atoms with van der Waals surface area (Å²) in [5.74, 6) is -2.73. The summed E-state index contributed by atoms with van der Waals surface area (Å²) in [6, 6.07) is 0. The van der Waals surface area contributed by atoms with Gasteiger partial charge in [-0.05, 0) is 13.5 Å². The standard InChI is InChI=1S/C16H20N6O2S.C2HF3O2/c1-19-7-14(23)22(12-5-18-20(2)6-12)10-16(19)3-4-21(9-16)15(24)13-8-25-11-17-13;3-2(4,5)1(6)7/h5-6,8,11H,3-4,7,9-10H2,1-2H3;(H,6,7). The van der Waals surface area contributed by atoms with Gasteiger partial charge in [0.2, 0.25) is 5.91 Å². The molecule has 2 aliphatic rings. The highest BCUT2D eigenvalue weighted by molar-refractivity contribution is 7.07. The number of carbonyl (C=O) groups is 3. The lowest BCUT2D eigenvalue weighted by molar-refractivity contribution is -0.192. The number of carboxylic acid groups (broad SMARTS) is 1. The zero-order valence-corrected chi connectivity index (χ0v) is 18.1. The second-order valence-electron chi connectivity index (χ2n) is 7.59. The molecule has 0 aliphatic carbocycles. The third kappa shape index (κ3) is 4.91. The topological polar surface area (TPSA) is 112 Å². The van der Waals surface area contributed by atoms with Crippen molar-refractivity contribution in [2.75, 3.05) is 38.1 Å². The largest absolute Gasteiger partial charge is 0.490 e. The summed E-state index contributed by atoms with van der Waals surface area (Å²) in [6.07, 6.45) is -0.683. The van der Waals surface area contributed by atoms with Crippen LogP contribution >= 0.6 is 11.3 Å². The molecule has 1 atom stereocenters. The van der Waals surface area contributed by atoms with E-state index >= 15 is 0 Å². The Hall–Kier alpha value is -3.00. The third-order valence-corrected chi connectivity index (χ3v) is 6.04. The minimum Gasteiger partial charge on any atom is -0.475 e. The van der Waals surface area contributed by atoms with Crippen LogP contribution in [0.5, 0.6) is 0 Å². The van der Waals surface area contributed by atoms with Gasteiger partial charge in [-0.2, -0.15) is 18.3 Å². The lowest BCUT2D eigenvalue weighted by atomic mass is 9.93. The Morgan fingerprint density at radius 2 is 1.94 bits per heavy atom. The van der Waals surface area contributed by atoms with Gasteiger partial charge in [-0.3, -0.25) is 19.2 Å². The number of aliphatic carboxylic acids is 1. The summed E-state index contributed by atoms with van der Waals surface area (Å²) < 4.78 is 33.4. The van der Waals surface area contributed by atoms with Crippen molar-refractivity contribution < 1.29 is 32.7 Å². The fourth-order valence-corrected chi connectivity index (χ4v) is 4.22. The minimum atomic E-state index is -5.08. The average Bonchev–Trinajstić information content (AvgIpc) is 3.46. The molecule has 14 heteroatoms. The molecule has 2 aromatic rings. The van der Waals surface area contributed by atoms with Gasteiger partial charge in [0.15, 0.2) is 0 Å². The Labute approximate surface area is 184 Å². The van der Waals surface area contributed by atoms with Gasteiger partial charge >= 0.3 is 12.1 Å². The quantitative estimate of drug-likeness (QED) is 0.693. The molecule has 4 heterocycles. The van der Waals surface area contributed by atoms with Crippen LogP contribution in [-0.4, -0.2) is 92.4 Å². The fourth-order valence-electron chi connectivity index (χ4n) is 3.69. The first kappa shape index (κ1) is 23.7. The molecule has 2 saturated heterocycles. The second-order valence-corrected chi connectivity index (χ2v) is 8.30. The number of piperazine rings is 1. The van der Waals surface area contributed by atoms with Crippen LogP contribution in [0.1, 0.15) is 16.9 Å². The van der Waals surface area contributed by atoms with E-state index < -0.39 is 12.1 Å². The maximum Gasteiger partial charge on any atom is 0.490 e. The van der Waals surface area contributed by atoms with E-state index in [-0.39, 0.29) is 17.4 Å². The number of halogens is 3. The predicted molar refractivity (Wildman–Crippen MR) is 107 cm³/mol. The molecule has 2 aromatic heterocycles. The van der Waals surface area contributed by atoms with Gasteiger partial charge in [0.05, 0.1) is 29.5 Å².